The fourth-order valence-corrected chi connectivity index (χ4v) is 2.18. The van der Waals surface area contributed by atoms with E-state index in [1.54, 1.807) is 18.0 Å². The van der Waals surface area contributed by atoms with Gasteiger partial charge in [-0.2, -0.15) is 0 Å². The quantitative estimate of drug-likeness (QED) is 0.638. The molecule has 3 nitrogen and oxygen atoms in total. The molecule has 1 aromatic heterocycles. The molecule has 0 aliphatic rings. The first-order chi connectivity index (χ1) is 6.84. The van der Waals surface area contributed by atoms with Gasteiger partial charge in [-0.1, -0.05) is 0 Å². The van der Waals surface area contributed by atoms with Crippen molar-refractivity contribution in [2.24, 2.45) is 0 Å². The number of thioether (sulfide) groups is 1. The molecule has 5 heteroatoms. The van der Waals surface area contributed by atoms with Crippen molar-refractivity contribution < 1.29 is 9.84 Å². The second kappa shape index (κ2) is 7.23. The molecule has 0 spiro atoms. The average molecular weight is 278 g/mol. The van der Waals surface area contributed by atoms with Crippen LogP contribution in [-0.2, 0) is 4.74 Å². The van der Waals surface area contributed by atoms with Crippen molar-refractivity contribution in [2.45, 2.75) is 5.03 Å². The maximum Gasteiger partial charge on any atom is 0.110 e. The minimum Gasteiger partial charge on any atom is -0.394 e. The van der Waals surface area contributed by atoms with Crippen LogP contribution in [-0.4, -0.2) is 35.7 Å². The van der Waals surface area contributed by atoms with E-state index in [1.165, 1.54) is 0 Å². The number of ether oxygens (including phenoxy) is 1. The van der Waals surface area contributed by atoms with Crippen LogP contribution >= 0.6 is 27.7 Å². The molecule has 14 heavy (non-hydrogen) atoms. The van der Waals surface area contributed by atoms with E-state index in [9.17, 15) is 0 Å². The lowest BCUT2D eigenvalue weighted by Gasteiger charge is -2.03. The number of hydrogen-bond donors (Lipinski definition) is 1. The predicted octanol–water partition coefficient (Wildman–Crippen LogP) is 1.95. The molecule has 0 amide bonds. The number of aliphatic hydroxyl groups is 1. The van der Waals surface area contributed by atoms with E-state index in [4.69, 9.17) is 9.84 Å². The maximum atomic E-state index is 8.48. The molecule has 0 unspecified atom stereocenters. The summed E-state index contributed by atoms with van der Waals surface area (Å²) in [5.74, 6) is 0.843. The first-order valence-electron chi connectivity index (χ1n) is 4.26. The molecule has 0 saturated carbocycles. The molecule has 0 radical (unpaired) electrons. The molecule has 1 N–H and O–H groups in total. The summed E-state index contributed by atoms with van der Waals surface area (Å²) in [6.45, 7) is 1.12. The Labute approximate surface area is 96.0 Å². The van der Waals surface area contributed by atoms with Crippen LogP contribution < -0.4 is 0 Å². The molecule has 1 heterocycles. The zero-order valence-corrected chi connectivity index (χ0v) is 10.1. The first-order valence-corrected chi connectivity index (χ1v) is 6.04. The molecule has 0 aliphatic heterocycles. The van der Waals surface area contributed by atoms with Gasteiger partial charge in [-0.3, -0.25) is 0 Å². The Bertz CT molecular complexity index is 273. The number of pyridine rings is 1. The third-order valence-corrected chi connectivity index (χ3v) is 3.30. The van der Waals surface area contributed by atoms with E-state index >= 15 is 0 Å². The van der Waals surface area contributed by atoms with E-state index in [0.717, 1.165) is 15.3 Å². The summed E-state index contributed by atoms with van der Waals surface area (Å²) >= 11 is 5.05. The highest BCUT2D eigenvalue weighted by Gasteiger charge is 1.99. The summed E-state index contributed by atoms with van der Waals surface area (Å²) in [6, 6.07) is 3.85. The largest absolute Gasteiger partial charge is 0.394 e. The van der Waals surface area contributed by atoms with Gasteiger partial charge in [0.1, 0.15) is 5.03 Å². The fraction of sp³-hybridized carbons (Fsp3) is 0.444. The molecule has 0 fully saturated rings. The Morgan fingerprint density at radius 2 is 2.36 bits per heavy atom. The second-order valence-electron chi connectivity index (χ2n) is 2.47. The summed E-state index contributed by atoms with van der Waals surface area (Å²) in [5.41, 5.74) is 0. The molecule has 78 valence electrons. The highest BCUT2D eigenvalue weighted by Crippen LogP contribution is 2.23. The van der Waals surface area contributed by atoms with Gasteiger partial charge in [-0.15, -0.1) is 11.8 Å². The van der Waals surface area contributed by atoms with Gasteiger partial charge in [0.15, 0.2) is 0 Å². The van der Waals surface area contributed by atoms with Gasteiger partial charge in [-0.25, -0.2) is 4.98 Å². The number of nitrogens with zero attached hydrogens (tertiary/aromatic N) is 1. The third-order valence-electron chi connectivity index (χ3n) is 1.43. The Hall–Kier alpha value is -0.100. The minimum absolute atomic E-state index is 0.0813. The highest BCUT2D eigenvalue weighted by molar-refractivity contribution is 9.10. The molecule has 1 rings (SSSR count). The smallest absolute Gasteiger partial charge is 0.110 e. The summed E-state index contributed by atoms with van der Waals surface area (Å²) in [7, 11) is 0. The van der Waals surface area contributed by atoms with Crippen LogP contribution in [0.3, 0.4) is 0 Å². The van der Waals surface area contributed by atoms with Gasteiger partial charge in [-0.05, 0) is 28.1 Å². The molecule has 0 aromatic carbocycles. The number of hydrogen-bond acceptors (Lipinski definition) is 4. The molecular weight excluding hydrogens is 266 g/mol. The standard InChI is InChI=1S/C9H12BrNO2S/c10-8-2-1-3-11-9(8)14-7-6-13-5-4-12/h1-3,12H,4-7H2. The first kappa shape index (κ1) is 12.0. The lowest BCUT2D eigenvalue weighted by atomic mass is 10.5. The lowest BCUT2D eigenvalue weighted by molar-refractivity contribution is 0.103. The second-order valence-corrected chi connectivity index (χ2v) is 4.41. The van der Waals surface area contributed by atoms with Gasteiger partial charge in [0.05, 0.1) is 19.8 Å². The summed E-state index contributed by atoms with van der Waals surface area (Å²) < 4.78 is 6.14. The van der Waals surface area contributed by atoms with Crippen molar-refractivity contribution in [1.29, 1.82) is 0 Å². The molecule has 0 atom stereocenters. The monoisotopic (exact) mass is 277 g/mol. The number of rotatable bonds is 6. The van der Waals surface area contributed by atoms with E-state index in [0.29, 0.717) is 13.2 Å². The van der Waals surface area contributed by atoms with Crippen LogP contribution in [0.5, 0.6) is 0 Å². The van der Waals surface area contributed by atoms with Crippen molar-refractivity contribution in [3.05, 3.63) is 22.8 Å². The molecule has 0 bridgehead atoms. The molecule has 1 aromatic rings. The summed E-state index contributed by atoms with van der Waals surface area (Å²) in [5, 5.41) is 9.45. The van der Waals surface area contributed by atoms with E-state index in [-0.39, 0.29) is 6.61 Å². The summed E-state index contributed by atoms with van der Waals surface area (Å²) in [6.07, 6.45) is 1.77. The summed E-state index contributed by atoms with van der Waals surface area (Å²) in [4.78, 5) is 4.21. The maximum absolute atomic E-state index is 8.48. The highest BCUT2D eigenvalue weighted by atomic mass is 79.9. The molecule has 0 saturated heterocycles. The van der Waals surface area contributed by atoms with Crippen LogP contribution in [0.15, 0.2) is 27.8 Å². The van der Waals surface area contributed by atoms with Crippen molar-refractivity contribution in [3.8, 4) is 0 Å². The third kappa shape index (κ3) is 4.41. The SMILES string of the molecule is OCCOCCSc1ncccc1Br. The van der Waals surface area contributed by atoms with Gasteiger partial charge in [0, 0.05) is 16.4 Å². The Kier molecular flexibility index (Phi) is 6.18. The average Bonchev–Trinajstić information content (AvgIpc) is 2.20. The van der Waals surface area contributed by atoms with Crippen molar-refractivity contribution in [3.63, 3.8) is 0 Å². The normalized spacial score (nSPS) is 10.4. The topological polar surface area (TPSA) is 42.4 Å². The van der Waals surface area contributed by atoms with Gasteiger partial charge in [0.25, 0.3) is 0 Å². The number of halogens is 1. The molecular formula is C9H12BrNO2S. The van der Waals surface area contributed by atoms with E-state index < -0.39 is 0 Å². The van der Waals surface area contributed by atoms with Gasteiger partial charge < -0.3 is 9.84 Å². The fourth-order valence-electron chi connectivity index (χ4n) is 0.841. The Morgan fingerprint density at radius 3 is 3.07 bits per heavy atom. The van der Waals surface area contributed by atoms with Crippen LogP contribution in [0.1, 0.15) is 0 Å². The van der Waals surface area contributed by atoms with E-state index in [1.807, 2.05) is 12.1 Å². The van der Waals surface area contributed by atoms with Crippen LogP contribution in [0.25, 0.3) is 0 Å². The zero-order chi connectivity index (χ0) is 10.2. The Morgan fingerprint density at radius 1 is 1.50 bits per heavy atom. The lowest BCUT2D eigenvalue weighted by Crippen LogP contribution is -2.02. The van der Waals surface area contributed by atoms with Crippen LogP contribution in [0, 0.1) is 0 Å². The van der Waals surface area contributed by atoms with Crippen molar-refractivity contribution in [1.82, 2.24) is 4.98 Å². The van der Waals surface area contributed by atoms with E-state index in [2.05, 4.69) is 20.9 Å². The number of aliphatic hydroxyl groups excluding tert-OH is 1. The van der Waals surface area contributed by atoms with Crippen molar-refractivity contribution in [2.75, 3.05) is 25.6 Å². The zero-order valence-electron chi connectivity index (χ0n) is 7.65. The van der Waals surface area contributed by atoms with Crippen LogP contribution in [0.4, 0.5) is 0 Å². The van der Waals surface area contributed by atoms with Crippen LogP contribution in [0.2, 0.25) is 0 Å². The Balaban J connectivity index is 2.21. The number of aromatic nitrogens is 1. The van der Waals surface area contributed by atoms with Gasteiger partial charge in [0.2, 0.25) is 0 Å². The molecule has 0 aliphatic carbocycles. The van der Waals surface area contributed by atoms with Crippen molar-refractivity contribution >= 4 is 27.7 Å². The minimum atomic E-state index is 0.0813. The van der Waals surface area contributed by atoms with Gasteiger partial charge >= 0.3 is 0 Å². The predicted molar refractivity (Wildman–Crippen MR) is 60.6 cm³/mol.